The topological polar surface area (TPSA) is 197 Å². The zero-order chi connectivity index (χ0) is 40.7. The highest BCUT2D eigenvalue weighted by Gasteiger charge is 2.70. The first-order valence-corrected chi connectivity index (χ1v) is 18.1. The van der Waals surface area contributed by atoms with Crippen molar-refractivity contribution in [3.63, 3.8) is 0 Å². The summed E-state index contributed by atoms with van der Waals surface area (Å²) in [6, 6.07) is 21.3. The fraction of sp³-hybridized carbons (Fsp3) is 0.268. The van der Waals surface area contributed by atoms with E-state index in [2.05, 4.69) is 5.43 Å². The van der Waals surface area contributed by atoms with Crippen molar-refractivity contribution in [1.82, 2.24) is 5.01 Å². The number of fused-ring (bicyclic) bond motifs is 4. The van der Waals surface area contributed by atoms with Crippen LogP contribution in [0.15, 0.2) is 96.6 Å². The van der Waals surface area contributed by atoms with Gasteiger partial charge in [-0.15, -0.1) is 0 Å². The molecule has 16 heteroatoms. The van der Waals surface area contributed by atoms with Crippen molar-refractivity contribution in [3.8, 4) is 5.75 Å². The van der Waals surface area contributed by atoms with Crippen LogP contribution >= 0.6 is 0 Å². The average Bonchev–Trinajstić information content (AvgIpc) is 3.57. The Morgan fingerprint density at radius 3 is 2.12 bits per heavy atom. The van der Waals surface area contributed by atoms with E-state index in [9.17, 15) is 39.7 Å². The number of nitro groups is 2. The number of hydrogen-bond acceptors (Lipinski definition) is 11. The lowest BCUT2D eigenvalue weighted by Gasteiger charge is -2.50. The number of para-hydroxylation sites is 1. The van der Waals surface area contributed by atoms with Crippen LogP contribution in [0.4, 0.5) is 32.8 Å². The predicted octanol–water partition coefficient (Wildman–Crippen LogP) is 5.91. The van der Waals surface area contributed by atoms with Crippen molar-refractivity contribution >= 4 is 52.1 Å². The number of hydrazine groups is 1. The molecule has 4 aromatic carbocycles. The summed E-state index contributed by atoms with van der Waals surface area (Å²) in [5.74, 6) is -10.2. The van der Waals surface area contributed by atoms with Gasteiger partial charge < -0.3 is 10.0 Å². The minimum atomic E-state index is -1.77. The third-order valence-electron chi connectivity index (χ3n) is 11.9. The van der Waals surface area contributed by atoms with E-state index in [1.54, 1.807) is 60.7 Å². The molecule has 0 bridgehead atoms. The van der Waals surface area contributed by atoms with Gasteiger partial charge in [-0.25, -0.2) is 9.29 Å². The lowest BCUT2D eigenvalue weighted by molar-refractivity contribution is -0.392. The second kappa shape index (κ2) is 13.4. The van der Waals surface area contributed by atoms with Crippen molar-refractivity contribution in [2.24, 2.45) is 23.7 Å². The summed E-state index contributed by atoms with van der Waals surface area (Å²) < 4.78 is 15.4. The monoisotopic (exact) mass is 774 g/mol. The second-order valence-electron chi connectivity index (χ2n) is 15.0. The van der Waals surface area contributed by atoms with Crippen LogP contribution in [-0.2, 0) is 24.6 Å². The smallest absolute Gasteiger partial charge is 0.301 e. The molecule has 2 saturated heterocycles. The molecule has 0 aromatic heterocycles. The summed E-state index contributed by atoms with van der Waals surface area (Å²) in [5.41, 5.74) is 1.32. The van der Waals surface area contributed by atoms with Gasteiger partial charge in [0.25, 0.3) is 11.8 Å². The zero-order valence-electron chi connectivity index (χ0n) is 30.8. The third-order valence-corrected chi connectivity index (χ3v) is 11.9. The highest BCUT2D eigenvalue weighted by molar-refractivity contribution is 6.23. The van der Waals surface area contributed by atoms with Gasteiger partial charge >= 0.3 is 11.4 Å². The Morgan fingerprint density at radius 1 is 0.860 bits per heavy atom. The number of rotatable bonds is 8. The molecule has 6 unspecified atom stereocenters. The molecule has 0 radical (unpaired) electrons. The summed E-state index contributed by atoms with van der Waals surface area (Å²) in [7, 11) is 2.78. The van der Waals surface area contributed by atoms with Crippen LogP contribution in [0.5, 0.6) is 5.75 Å². The maximum atomic E-state index is 15.4. The summed E-state index contributed by atoms with van der Waals surface area (Å²) in [6.07, 6.45) is 1.51. The molecule has 2 aliphatic carbocycles. The van der Waals surface area contributed by atoms with E-state index < -0.39 is 91.4 Å². The number of phenolic OH excluding ortho intramolecular Hbond substituents is 1. The number of anilines is 3. The van der Waals surface area contributed by atoms with Crippen LogP contribution in [0.2, 0.25) is 0 Å². The van der Waals surface area contributed by atoms with Crippen LogP contribution in [-0.4, -0.2) is 57.7 Å². The first-order chi connectivity index (χ1) is 27.2. The number of benzene rings is 4. The molecule has 15 nitrogen and oxygen atoms in total. The number of imide groups is 2. The van der Waals surface area contributed by atoms with Gasteiger partial charge in [0, 0.05) is 37.7 Å². The van der Waals surface area contributed by atoms with Crippen molar-refractivity contribution in [2.45, 2.75) is 31.1 Å². The first kappa shape index (κ1) is 37.0. The number of phenols is 1. The van der Waals surface area contributed by atoms with Crippen LogP contribution in [0.1, 0.15) is 35.4 Å². The van der Waals surface area contributed by atoms with Gasteiger partial charge in [-0.05, 0) is 49.4 Å². The Balaban J connectivity index is 1.31. The molecule has 2 heterocycles. The third kappa shape index (κ3) is 5.38. The van der Waals surface area contributed by atoms with Crippen molar-refractivity contribution in [1.29, 1.82) is 0 Å². The van der Waals surface area contributed by atoms with Gasteiger partial charge in [0.1, 0.15) is 0 Å². The van der Waals surface area contributed by atoms with Crippen LogP contribution < -0.4 is 15.2 Å². The van der Waals surface area contributed by atoms with Gasteiger partial charge in [-0.3, -0.25) is 44.8 Å². The molecule has 6 atom stereocenters. The summed E-state index contributed by atoms with van der Waals surface area (Å²) in [4.78, 5) is 83.7. The minimum Gasteiger partial charge on any atom is -0.505 e. The number of nitrogens with one attached hydrogen (secondary N) is 1. The maximum absolute atomic E-state index is 15.4. The molecular weight excluding hydrogens is 739 g/mol. The molecule has 1 saturated carbocycles. The van der Waals surface area contributed by atoms with Crippen LogP contribution in [0.25, 0.3) is 0 Å². The molecule has 57 heavy (non-hydrogen) atoms. The quantitative estimate of drug-likeness (QED) is 0.0934. The zero-order valence-corrected chi connectivity index (χ0v) is 30.8. The molecular formula is C41H35FN6O9. The van der Waals surface area contributed by atoms with E-state index in [1.165, 1.54) is 31.1 Å². The Hall–Kier alpha value is -6.97. The van der Waals surface area contributed by atoms with E-state index in [0.717, 1.165) is 33.7 Å². The number of carbonyl (C=O) groups is 4. The Labute approximate surface area is 324 Å². The Kier molecular flexibility index (Phi) is 8.66. The molecule has 290 valence electrons. The predicted molar refractivity (Wildman–Crippen MR) is 203 cm³/mol. The summed E-state index contributed by atoms with van der Waals surface area (Å²) >= 11 is 0. The normalized spacial score (nSPS) is 25.1. The highest BCUT2D eigenvalue weighted by Crippen LogP contribution is 2.65. The number of hydrogen-bond donors (Lipinski definition) is 2. The summed E-state index contributed by atoms with van der Waals surface area (Å²) in [5, 5.41) is 36.7. The molecule has 0 spiro atoms. The van der Waals surface area contributed by atoms with Gasteiger partial charge in [-0.2, -0.15) is 5.01 Å². The number of aromatic hydroxyl groups is 1. The molecule has 4 aliphatic rings. The Bertz CT molecular complexity index is 2420. The van der Waals surface area contributed by atoms with Crippen molar-refractivity contribution in [3.05, 3.63) is 139 Å². The van der Waals surface area contributed by atoms with Crippen molar-refractivity contribution in [2.75, 3.05) is 29.3 Å². The van der Waals surface area contributed by atoms with Crippen molar-refractivity contribution < 1.29 is 38.5 Å². The second-order valence-corrected chi connectivity index (χ2v) is 15.0. The minimum absolute atomic E-state index is 0.00394. The van der Waals surface area contributed by atoms with Crippen LogP contribution in [0.3, 0.4) is 0 Å². The molecule has 2 aliphatic heterocycles. The molecule has 3 fully saturated rings. The highest BCUT2D eigenvalue weighted by atomic mass is 19.1. The largest absolute Gasteiger partial charge is 0.505 e. The van der Waals surface area contributed by atoms with Gasteiger partial charge in [0.2, 0.25) is 11.8 Å². The number of nitrogens with zero attached hydrogens (tertiary/aromatic N) is 5. The number of carbonyl (C=O) groups excluding carboxylic acids is 4. The number of nitro benzene ring substituents is 2. The number of halogens is 1. The number of aryl methyl sites for hydroxylation is 1. The molecule has 2 N–H and O–H groups in total. The maximum Gasteiger partial charge on any atom is 0.301 e. The van der Waals surface area contributed by atoms with E-state index in [1.807, 2.05) is 6.92 Å². The van der Waals surface area contributed by atoms with Gasteiger partial charge in [0.05, 0.1) is 44.4 Å². The fourth-order valence-corrected chi connectivity index (χ4v) is 9.57. The average molecular weight is 775 g/mol. The molecule has 4 aromatic rings. The first-order valence-electron chi connectivity index (χ1n) is 18.1. The van der Waals surface area contributed by atoms with E-state index in [-0.39, 0.29) is 29.8 Å². The SMILES string of the molecule is Cc1ccc(NN2C(=O)C3CC4C(=CCC5C(=O)N(c6cc([N+](=O)[O-])c(N(C)C)c([N+](=O)[O-])c6)C(=O)C54)C(c4cccc(F)c4O)C3(c3ccccc3)C2=O)cc1. The van der Waals surface area contributed by atoms with Gasteiger partial charge in [0.15, 0.2) is 17.3 Å². The fourth-order valence-electron chi connectivity index (χ4n) is 9.57. The van der Waals surface area contributed by atoms with Gasteiger partial charge in [-0.1, -0.05) is 71.8 Å². The molecule has 4 amide bonds. The van der Waals surface area contributed by atoms with E-state index >= 15 is 9.18 Å². The standard InChI is InChI=1S/C41H35FN6O9/c1-21-12-14-23(15-13-21)43-46-38(51)29-20-28-25(34(27-10-7-11-30(42)36(27)49)41(29,40(46)53)22-8-5-4-6-9-22)16-17-26-33(28)39(52)45(37(26)50)24-18-31(47(54)55)35(44(2)3)32(19-24)48(56)57/h4-16,18-19,26,28-29,33-34,43,49H,17,20H2,1-3H3. The Morgan fingerprint density at radius 2 is 1.51 bits per heavy atom. The van der Waals surface area contributed by atoms with E-state index in [4.69, 9.17) is 0 Å². The summed E-state index contributed by atoms with van der Waals surface area (Å²) in [6.45, 7) is 1.88. The van der Waals surface area contributed by atoms with Crippen LogP contribution in [0, 0.1) is 56.6 Å². The number of amides is 4. The molecule has 8 rings (SSSR count). The number of allylic oxidation sites excluding steroid dienone is 2. The lowest BCUT2D eigenvalue weighted by atomic mass is 9.49. The lowest BCUT2D eigenvalue weighted by Crippen LogP contribution is -2.53. The van der Waals surface area contributed by atoms with E-state index in [0.29, 0.717) is 16.8 Å².